The van der Waals surface area contributed by atoms with Crippen LogP contribution in [0.5, 0.6) is 0 Å². The normalized spacial score (nSPS) is 11.3. The zero-order valence-electron chi connectivity index (χ0n) is 11.1. The van der Waals surface area contributed by atoms with Crippen molar-refractivity contribution in [1.29, 1.82) is 0 Å². The van der Waals surface area contributed by atoms with Crippen molar-refractivity contribution in [2.24, 2.45) is 0 Å². The molecule has 2 nitrogen and oxygen atoms in total. The van der Waals surface area contributed by atoms with E-state index < -0.39 is 0 Å². The Morgan fingerprint density at radius 3 is 2.44 bits per heavy atom. The first-order valence-corrected chi connectivity index (χ1v) is 6.79. The van der Waals surface area contributed by atoms with Gasteiger partial charge in [0.05, 0.1) is 0 Å². The van der Waals surface area contributed by atoms with Crippen LogP contribution < -0.4 is 5.63 Å². The van der Waals surface area contributed by atoms with Gasteiger partial charge in [0.15, 0.2) is 0 Å². The molecule has 0 saturated carbocycles. The van der Waals surface area contributed by atoms with E-state index in [2.05, 4.69) is 13.8 Å². The first-order chi connectivity index (χ1) is 8.76. The highest BCUT2D eigenvalue weighted by molar-refractivity contribution is 5.76. The molecular formula is C16H20O2. The minimum Gasteiger partial charge on any atom is -0.423 e. The SMILES string of the molecule is CCCC(CCC)c1cc2ccccc2oc1=O. The number of rotatable bonds is 5. The predicted molar refractivity (Wildman–Crippen MR) is 75.0 cm³/mol. The molecule has 0 saturated heterocycles. The Morgan fingerprint density at radius 2 is 1.78 bits per heavy atom. The van der Waals surface area contributed by atoms with Crippen LogP contribution >= 0.6 is 0 Å². The highest BCUT2D eigenvalue weighted by atomic mass is 16.4. The van der Waals surface area contributed by atoms with Gasteiger partial charge in [-0.3, -0.25) is 0 Å². The van der Waals surface area contributed by atoms with E-state index in [9.17, 15) is 4.79 Å². The summed E-state index contributed by atoms with van der Waals surface area (Å²) >= 11 is 0. The highest BCUT2D eigenvalue weighted by Gasteiger charge is 2.15. The van der Waals surface area contributed by atoms with Gasteiger partial charge in [0, 0.05) is 10.9 Å². The fourth-order valence-electron chi connectivity index (χ4n) is 2.51. The Bertz CT molecular complexity index is 563. The number of para-hydroxylation sites is 1. The lowest BCUT2D eigenvalue weighted by Crippen LogP contribution is -2.12. The summed E-state index contributed by atoms with van der Waals surface area (Å²) in [6.45, 7) is 4.32. The van der Waals surface area contributed by atoms with Gasteiger partial charge in [-0.25, -0.2) is 4.79 Å². The molecule has 0 aliphatic rings. The molecule has 1 aromatic carbocycles. The molecule has 0 spiro atoms. The van der Waals surface area contributed by atoms with Crippen LogP contribution in [-0.2, 0) is 0 Å². The van der Waals surface area contributed by atoms with Gasteiger partial charge in [0.25, 0.3) is 0 Å². The summed E-state index contributed by atoms with van der Waals surface area (Å²) in [6, 6.07) is 9.71. The van der Waals surface area contributed by atoms with Gasteiger partial charge < -0.3 is 4.42 Å². The fraction of sp³-hybridized carbons (Fsp3) is 0.438. The quantitative estimate of drug-likeness (QED) is 0.726. The van der Waals surface area contributed by atoms with Gasteiger partial charge in [0.2, 0.25) is 0 Å². The van der Waals surface area contributed by atoms with Gasteiger partial charge in [-0.2, -0.15) is 0 Å². The van der Waals surface area contributed by atoms with E-state index in [1.807, 2.05) is 30.3 Å². The largest absolute Gasteiger partial charge is 0.423 e. The molecule has 0 radical (unpaired) electrons. The smallest absolute Gasteiger partial charge is 0.339 e. The lowest BCUT2D eigenvalue weighted by atomic mass is 9.91. The van der Waals surface area contributed by atoms with Crippen molar-refractivity contribution in [3.63, 3.8) is 0 Å². The third kappa shape index (κ3) is 2.63. The fourth-order valence-corrected chi connectivity index (χ4v) is 2.51. The van der Waals surface area contributed by atoms with Crippen LogP contribution in [0.15, 0.2) is 39.5 Å². The number of hydrogen-bond donors (Lipinski definition) is 0. The predicted octanol–water partition coefficient (Wildman–Crippen LogP) is 4.48. The number of fused-ring (bicyclic) bond motifs is 1. The minimum atomic E-state index is -0.166. The summed E-state index contributed by atoms with van der Waals surface area (Å²) in [5.41, 5.74) is 1.36. The zero-order chi connectivity index (χ0) is 13.0. The second-order valence-corrected chi connectivity index (χ2v) is 4.80. The molecule has 0 bridgehead atoms. The Morgan fingerprint density at radius 1 is 1.11 bits per heavy atom. The summed E-state index contributed by atoms with van der Waals surface area (Å²) in [6.07, 6.45) is 4.29. The third-order valence-corrected chi connectivity index (χ3v) is 3.38. The van der Waals surface area contributed by atoms with Crippen molar-refractivity contribution in [2.75, 3.05) is 0 Å². The van der Waals surface area contributed by atoms with Crippen LogP contribution in [0.3, 0.4) is 0 Å². The maximum atomic E-state index is 12.1. The average Bonchev–Trinajstić information content (AvgIpc) is 2.38. The molecule has 0 atom stereocenters. The Kier molecular flexibility index (Phi) is 4.19. The van der Waals surface area contributed by atoms with Gasteiger partial charge in [-0.1, -0.05) is 44.9 Å². The van der Waals surface area contributed by atoms with Gasteiger partial charge in [-0.15, -0.1) is 0 Å². The second-order valence-electron chi connectivity index (χ2n) is 4.80. The molecule has 0 aliphatic heterocycles. The van der Waals surface area contributed by atoms with E-state index in [4.69, 9.17) is 4.42 Å². The molecular weight excluding hydrogens is 224 g/mol. The van der Waals surface area contributed by atoms with Crippen molar-refractivity contribution >= 4 is 11.0 Å². The molecule has 2 aromatic rings. The van der Waals surface area contributed by atoms with Crippen LogP contribution in [0.4, 0.5) is 0 Å². The molecule has 0 N–H and O–H groups in total. The van der Waals surface area contributed by atoms with E-state index >= 15 is 0 Å². The molecule has 0 amide bonds. The molecule has 0 fully saturated rings. The molecule has 1 heterocycles. The van der Waals surface area contributed by atoms with Crippen LogP contribution in [-0.4, -0.2) is 0 Å². The Balaban J connectivity index is 2.48. The van der Waals surface area contributed by atoms with Crippen LogP contribution in [0.25, 0.3) is 11.0 Å². The molecule has 96 valence electrons. The summed E-state index contributed by atoms with van der Waals surface area (Å²) in [4.78, 5) is 12.1. The standard InChI is InChI=1S/C16H20O2/c1-3-7-12(8-4-2)14-11-13-9-5-6-10-15(13)18-16(14)17/h5-6,9-12H,3-4,7-8H2,1-2H3. The molecule has 2 rings (SSSR count). The van der Waals surface area contributed by atoms with E-state index in [0.29, 0.717) is 11.5 Å². The minimum absolute atomic E-state index is 0.166. The molecule has 2 heteroatoms. The summed E-state index contributed by atoms with van der Waals surface area (Å²) < 4.78 is 5.41. The maximum absolute atomic E-state index is 12.1. The van der Waals surface area contributed by atoms with Crippen LogP contribution in [0.1, 0.15) is 51.0 Å². The molecule has 18 heavy (non-hydrogen) atoms. The third-order valence-electron chi connectivity index (χ3n) is 3.38. The summed E-state index contributed by atoms with van der Waals surface area (Å²) in [5, 5.41) is 1.02. The highest BCUT2D eigenvalue weighted by Crippen LogP contribution is 2.26. The van der Waals surface area contributed by atoms with E-state index in [1.54, 1.807) is 0 Å². The van der Waals surface area contributed by atoms with Crippen LogP contribution in [0.2, 0.25) is 0 Å². The number of hydrogen-bond acceptors (Lipinski definition) is 2. The summed E-state index contributed by atoms with van der Waals surface area (Å²) in [7, 11) is 0. The molecule has 0 unspecified atom stereocenters. The molecule has 1 aromatic heterocycles. The van der Waals surface area contributed by atoms with Crippen molar-refractivity contribution < 1.29 is 4.42 Å². The van der Waals surface area contributed by atoms with Gasteiger partial charge in [-0.05, 0) is 30.9 Å². The van der Waals surface area contributed by atoms with Crippen molar-refractivity contribution in [2.45, 2.75) is 45.4 Å². The van der Waals surface area contributed by atoms with E-state index in [0.717, 1.165) is 36.6 Å². The van der Waals surface area contributed by atoms with Crippen molar-refractivity contribution in [1.82, 2.24) is 0 Å². The lowest BCUT2D eigenvalue weighted by molar-refractivity contribution is 0.503. The van der Waals surface area contributed by atoms with Crippen LogP contribution in [0, 0.1) is 0 Å². The zero-order valence-corrected chi connectivity index (χ0v) is 11.1. The first kappa shape index (κ1) is 12.9. The van der Waals surface area contributed by atoms with Gasteiger partial charge in [0.1, 0.15) is 5.58 Å². The van der Waals surface area contributed by atoms with Gasteiger partial charge >= 0.3 is 5.63 Å². The second kappa shape index (κ2) is 5.85. The maximum Gasteiger partial charge on any atom is 0.339 e. The lowest BCUT2D eigenvalue weighted by Gasteiger charge is -2.14. The van der Waals surface area contributed by atoms with Crippen molar-refractivity contribution in [3.8, 4) is 0 Å². The Labute approximate surface area is 108 Å². The first-order valence-electron chi connectivity index (χ1n) is 6.79. The van der Waals surface area contributed by atoms with E-state index in [-0.39, 0.29) is 5.63 Å². The van der Waals surface area contributed by atoms with E-state index in [1.165, 1.54) is 0 Å². The number of benzene rings is 1. The topological polar surface area (TPSA) is 30.2 Å². The Hall–Kier alpha value is -1.57. The van der Waals surface area contributed by atoms with Crippen molar-refractivity contribution in [3.05, 3.63) is 46.3 Å². The summed E-state index contributed by atoms with van der Waals surface area (Å²) in [5.74, 6) is 0.334. The average molecular weight is 244 g/mol. The monoisotopic (exact) mass is 244 g/mol. The molecule has 0 aliphatic carbocycles.